The molecule has 0 radical (unpaired) electrons. The molecule has 0 spiro atoms. The maximum absolute atomic E-state index is 13.4. The lowest BCUT2D eigenvalue weighted by Crippen LogP contribution is -1.85. The lowest BCUT2D eigenvalue weighted by Gasteiger charge is -2.04. The number of hydrogen-bond acceptors (Lipinski definition) is 2. The normalized spacial score (nSPS) is 10.5. The van der Waals surface area contributed by atoms with E-state index in [-0.39, 0.29) is 11.5 Å². The third-order valence-corrected chi connectivity index (χ3v) is 3.27. The van der Waals surface area contributed by atoms with Crippen LogP contribution in [0.4, 0.5) is 8.78 Å². The van der Waals surface area contributed by atoms with E-state index in [1.807, 2.05) is 0 Å². The van der Waals surface area contributed by atoms with Crippen LogP contribution in [0.2, 0.25) is 0 Å². The van der Waals surface area contributed by atoms with E-state index in [9.17, 15) is 8.78 Å². The van der Waals surface area contributed by atoms with Gasteiger partial charge in [-0.2, -0.15) is 0 Å². The van der Waals surface area contributed by atoms with Gasteiger partial charge in [-0.25, -0.2) is 8.78 Å². The summed E-state index contributed by atoms with van der Waals surface area (Å²) in [5.41, 5.74) is 0.786. The molecule has 2 aromatic rings. The van der Waals surface area contributed by atoms with E-state index in [1.54, 1.807) is 24.3 Å². The molecule has 0 aliphatic heterocycles. The molecule has 4 heteroatoms. The molecule has 0 aromatic heterocycles. The van der Waals surface area contributed by atoms with Crippen LogP contribution >= 0.6 is 11.8 Å². The Bertz CT molecular complexity index is 511. The highest BCUT2D eigenvalue weighted by Crippen LogP contribution is 2.30. The Hall–Kier alpha value is -1.39. The molecular weight excluding hydrogens is 242 g/mol. The Kier molecular flexibility index (Phi) is 3.76. The van der Waals surface area contributed by atoms with Crippen molar-refractivity contribution in [3.05, 3.63) is 59.7 Å². The molecule has 0 bridgehead atoms. The molecule has 0 atom stereocenters. The fraction of sp³-hybridized carbons (Fsp3) is 0.0769. The fourth-order valence-corrected chi connectivity index (χ4v) is 2.21. The van der Waals surface area contributed by atoms with Gasteiger partial charge in [0.15, 0.2) is 0 Å². The van der Waals surface area contributed by atoms with Gasteiger partial charge in [0, 0.05) is 4.90 Å². The Morgan fingerprint density at radius 2 is 1.71 bits per heavy atom. The van der Waals surface area contributed by atoms with Gasteiger partial charge in [0.05, 0.1) is 11.5 Å². The lowest BCUT2D eigenvalue weighted by atomic mass is 10.2. The summed E-state index contributed by atoms with van der Waals surface area (Å²) in [4.78, 5) is 1.05. The number of halogens is 2. The van der Waals surface area contributed by atoms with Crippen LogP contribution in [-0.4, -0.2) is 5.11 Å². The molecule has 17 heavy (non-hydrogen) atoms. The van der Waals surface area contributed by atoms with Crippen molar-refractivity contribution in [3.8, 4) is 0 Å². The quantitative estimate of drug-likeness (QED) is 0.900. The number of aliphatic hydroxyl groups is 1. The van der Waals surface area contributed by atoms with Crippen LogP contribution in [0.15, 0.2) is 52.3 Å². The topological polar surface area (TPSA) is 20.2 Å². The first-order valence-electron chi connectivity index (χ1n) is 5.02. The third kappa shape index (κ3) is 3.05. The van der Waals surface area contributed by atoms with E-state index >= 15 is 0 Å². The standard InChI is InChI=1S/C13H10F2OS/c14-10-3-6-12(15)13(7-10)17-11-4-1-9(8-16)2-5-11/h1-7,16H,8H2. The van der Waals surface area contributed by atoms with Gasteiger partial charge in [0.25, 0.3) is 0 Å². The van der Waals surface area contributed by atoms with Crippen molar-refractivity contribution in [1.82, 2.24) is 0 Å². The molecule has 2 aromatic carbocycles. The molecule has 0 saturated heterocycles. The van der Waals surface area contributed by atoms with Crippen molar-refractivity contribution < 1.29 is 13.9 Å². The molecule has 0 fully saturated rings. The van der Waals surface area contributed by atoms with Gasteiger partial charge in [0.2, 0.25) is 0 Å². The highest BCUT2D eigenvalue weighted by molar-refractivity contribution is 7.99. The molecule has 0 aliphatic rings. The first-order valence-corrected chi connectivity index (χ1v) is 5.83. The van der Waals surface area contributed by atoms with Crippen LogP contribution < -0.4 is 0 Å². The second-order valence-corrected chi connectivity index (χ2v) is 4.59. The molecule has 88 valence electrons. The summed E-state index contributed by atoms with van der Waals surface area (Å²) >= 11 is 1.15. The predicted molar refractivity (Wildman–Crippen MR) is 62.8 cm³/mol. The molecule has 2 rings (SSSR count). The van der Waals surface area contributed by atoms with E-state index in [1.165, 1.54) is 6.07 Å². The lowest BCUT2D eigenvalue weighted by molar-refractivity contribution is 0.282. The summed E-state index contributed by atoms with van der Waals surface area (Å²) < 4.78 is 26.3. The number of hydrogen-bond donors (Lipinski definition) is 1. The average molecular weight is 252 g/mol. The first kappa shape index (κ1) is 12.1. The van der Waals surface area contributed by atoms with E-state index in [0.717, 1.165) is 34.4 Å². The van der Waals surface area contributed by atoms with E-state index in [2.05, 4.69) is 0 Å². The Labute approximate surface area is 102 Å². The van der Waals surface area contributed by atoms with Gasteiger partial charge < -0.3 is 5.11 Å². The Morgan fingerprint density at radius 3 is 2.35 bits per heavy atom. The molecule has 0 unspecified atom stereocenters. The summed E-state index contributed by atoms with van der Waals surface area (Å²) in [6.45, 7) is -0.0285. The second-order valence-electron chi connectivity index (χ2n) is 3.48. The van der Waals surface area contributed by atoms with Crippen molar-refractivity contribution in [2.24, 2.45) is 0 Å². The molecule has 0 aliphatic carbocycles. The van der Waals surface area contributed by atoms with Crippen molar-refractivity contribution in [3.63, 3.8) is 0 Å². The van der Waals surface area contributed by atoms with Crippen LogP contribution in [0, 0.1) is 11.6 Å². The van der Waals surface area contributed by atoms with Crippen molar-refractivity contribution >= 4 is 11.8 Å². The number of aliphatic hydroxyl groups excluding tert-OH is 1. The highest BCUT2D eigenvalue weighted by atomic mass is 32.2. The minimum atomic E-state index is -0.458. The number of benzene rings is 2. The predicted octanol–water partition coefficient (Wildman–Crippen LogP) is 3.61. The molecular formula is C13H10F2OS. The Morgan fingerprint density at radius 1 is 1.00 bits per heavy atom. The molecule has 0 amide bonds. The van der Waals surface area contributed by atoms with Crippen LogP contribution in [0.1, 0.15) is 5.56 Å². The third-order valence-electron chi connectivity index (χ3n) is 2.23. The van der Waals surface area contributed by atoms with E-state index in [4.69, 9.17) is 5.11 Å². The minimum Gasteiger partial charge on any atom is -0.392 e. The largest absolute Gasteiger partial charge is 0.392 e. The van der Waals surface area contributed by atoms with Crippen LogP contribution in [0.25, 0.3) is 0 Å². The zero-order valence-corrected chi connectivity index (χ0v) is 9.68. The van der Waals surface area contributed by atoms with Gasteiger partial charge in [0.1, 0.15) is 11.6 Å². The monoisotopic (exact) mass is 252 g/mol. The molecule has 0 heterocycles. The smallest absolute Gasteiger partial charge is 0.137 e. The zero-order chi connectivity index (χ0) is 12.3. The van der Waals surface area contributed by atoms with Crippen LogP contribution in [0.5, 0.6) is 0 Å². The van der Waals surface area contributed by atoms with Crippen molar-refractivity contribution in [1.29, 1.82) is 0 Å². The highest BCUT2D eigenvalue weighted by Gasteiger charge is 2.05. The van der Waals surface area contributed by atoms with Gasteiger partial charge in [-0.05, 0) is 35.9 Å². The van der Waals surface area contributed by atoms with Crippen molar-refractivity contribution in [2.45, 2.75) is 16.4 Å². The first-order chi connectivity index (χ1) is 8.19. The molecule has 1 N–H and O–H groups in total. The average Bonchev–Trinajstić information content (AvgIpc) is 2.35. The summed E-state index contributed by atoms with van der Waals surface area (Å²) in [6.07, 6.45) is 0. The summed E-state index contributed by atoms with van der Waals surface area (Å²) in [7, 11) is 0. The van der Waals surface area contributed by atoms with Crippen LogP contribution in [-0.2, 0) is 6.61 Å². The van der Waals surface area contributed by atoms with Gasteiger partial charge in [-0.1, -0.05) is 23.9 Å². The molecule has 1 nitrogen and oxygen atoms in total. The van der Waals surface area contributed by atoms with E-state index < -0.39 is 11.6 Å². The van der Waals surface area contributed by atoms with Crippen LogP contribution in [0.3, 0.4) is 0 Å². The van der Waals surface area contributed by atoms with E-state index in [0.29, 0.717) is 0 Å². The number of rotatable bonds is 3. The summed E-state index contributed by atoms with van der Waals surface area (Å²) in [6, 6.07) is 10.4. The van der Waals surface area contributed by atoms with Gasteiger partial charge in [-0.3, -0.25) is 0 Å². The SMILES string of the molecule is OCc1ccc(Sc2cc(F)ccc2F)cc1. The fourth-order valence-electron chi connectivity index (χ4n) is 1.35. The molecule has 0 saturated carbocycles. The van der Waals surface area contributed by atoms with Crippen molar-refractivity contribution in [2.75, 3.05) is 0 Å². The minimum absolute atomic E-state index is 0.0285. The Balaban J connectivity index is 2.22. The van der Waals surface area contributed by atoms with Gasteiger partial charge >= 0.3 is 0 Å². The summed E-state index contributed by atoms with van der Waals surface area (Å²) in [5, 5.41) is 8.88. The maximum Gasteiger partial charge on any atom is 0.137 e. The summed E-state index contributed by atoms with van der Waals surface area (Å²) in [5.74, 6) is -0.900. The maximum atomic E-state index is 13.4. The second kappa shape index (κ2) is 5.29. The zero-order valence-electron chi connectivity index (χ0n) is 8.86. The van der Waals surface area contributed by atoms with Gasteiger partial charge in [-0.15, -0.1) is 0 Å².